The highest BCUT2D eigenvalue weighted by Gasteiger charge is 2.20. The highest BCUT2D eigenvalue weighted by atomic mass is 35.5. The van der Waals surface area contributed by atoms with Crippen molar-refractivity contribution < 1.29 is 0 Å². The second-order valence-corrected chi connectivity index (χ2v) is 6.94. The zero-order chi connectivity index (χ0) is 13.9. The predicted molar refractivity (Wildman–Crippen MR) is 86.0 cm³/mol. The molecule has 3 rings (SSSR count). The lowest BCUT2D eigenvalue weighted by Gasteiger charge is -2.21. The summed E-state index contributed by atoms with van der Waals surface area (Å²) >= 11 is 7.93. The highest BCUT2D eigenvalue weighted by Crippen LogP contribution is 2.33. The molecule has 0 amide bonds. The molecule has 1 N–H and O–H groups in total. The molecule has 2 nitrogen and oxygen atoms in total. The van der Waals surface area contributed by atoms with Gasteiger partial charge in [-0.3, -0.25) is 0 Å². The predicted octanol–water partition coefficient (Wildman–Crippen LogP) is 4.16. The number of aryl methyl sites for hydroxylation is 1. The van der Waals surface area contributed by atoms with E-state index in [1.54, 1.807) is 0 Å². The van der Waals surface area contributed by atoms with Crippen molar-refractivity contribution in [3.63, 3.8) is 0 Å². The molecule has 106 valence electrons. The number of aromatic nitrogens is 1. The maximum Gasteiger partial charge on any atom is 0.0974 e. The first-order valence-corrected chi connectivity index (χ1v) is 8.33. The molecule has 2 heterocycles. The van der Waals surface area contributed by atoms with Crippen molar-refractivity contribution in [3.05, 3.63) is 50.4 Å². The van der Waals surface area contributed by atoms with Gasteiger partial charge in [-0.1, -0.05) is 23.7 Å². The van der Waals surface area contributed by atoms with Gasteiger partial charge < -0.3 is 5.32 Å². The van der Waals surface area contributed by atoms with E-state index in [0.29, 0.717) is 5.92 Å². The Morgan fingerprint density at radius 3 is 2.90 bits per heavy atom. The van der Waals surface area contributed by atoms with Crippen LogP contribution in [0.3, 0.4) is 0 Å². The van der Waals surface area contributed by atoms with Crippen LogP contribution in [-0.2, 0) is 6.42 Å². The third kappa shape index (κ3) is 3.22. The molecule has 1 fully saturated rings. The Morgan fingerprint density at radius 2 is 2.15 bits per heavy atom. The summed E-state index contributed by atoms with van der Waals surface area (Å²) in [6.45, 7) is 4.41. The van der Waals surface area contributed by atoms with Gasteiger partial charge in [0, 0.05) is 16.3 Å². The number of hydrogen-bond donors (Lipinski definition) is 1. The van der Waals surface area contributed by atoms with Gasteiger partial charge in [0.15, 0.2) is 0 Å². The van der Waals surface area contributed by atoms with Crippen LogP contribution in [0.4, 0.5) is 0 Å². The molecule has 20 heavy (non-hydrogen) atoms. The molecule has 1 saturated heterocycles. The summed E-state index contributed by atoms with van der Waals surface area (Å²) in [6, 6.07) is 8.07. The maximum atomic E-state index is 6.05. The van der Waals surface area contributed by atoms with Gasteiger partial charge >= 0.3 is 0 Å². The summed E-state index contributed by atoms with van der Waals surface area (Å²) in [4.78, 5) is 6.26. The Balaban J connectivity index is 1.78. The number of nitrogens with one attached hydrogen (secondary N) is 1. The zero-order valence-corrected chi connectivity index (χ0v) is 13.2. The van der Waals surface area contributed by atoms with Crippen LogP contribution >= 0.6 is 22.9 Å². The Labute approximate surface area is 129 Å². The quantitative estimate of drug-likeness (QED) is 0.921. The summed E-state index contributed by atoms with van der Waals surface area (Å²) < 4.78 is 0. The average molecular weight is 307 g/mol. The molecule has 0 atom stereocenters. The van der Waals surface area contributed by atoms with Crippen LogP contribution in [0, 0.1) is 6.92 Å². The van der Waals surface area contributed by atoms with Gasteiger partial charge in [0.25, 0.3) is 0 Å². The fraction of sp³-hybridized carbons (Fsp3) is 0.438. The second-order valence-electron chi connectivity index (χ2n) is 5.39. The molecule has 4 heteroatoms. The second kappa shape index (κ2) is 6.25. The number of thiazole rings is 1. The number of rotatable bonds is 3. The molecule has 0 bridgehead atoms. The smallest absolute Gasteiger partial charge is 0.0974 e. The molecule has 0 aliphatic carbocycles. The maximum absolute atomic E-state index is 6.05. The summed E-state index contributed by atoms with van der Waals surface area (Å²) in [6.07, 6.45) is 3.36. The normalized spacial score (nSPS) is 16.5. The molecule has 1 aromatic heterocycles. The van der Waals surface area contributed by atoms with Crippen molar-refractivity contribution in [1.82, 2.24) is 10.3 Å². The van der Waals surface area contributed by atoms with Crippen LogP contribution < -0.4 is 5.32 Å². The van der Waals surface area contributed by atoms with Gasteiger partial charge in [0.2, 0.25) is 0 Å². The number of halogens is 1. The molecule has 0 spiro atoms. The Kier molecular flexibility index (Phi) is 4.39. The monoisotopic (exact) mass is 306 g/mol. The first-order chi connectivity index (χ1) is 9.72. The number of hydrogen-bond acceptors (Lipinski definition) is 3. The van der Waals surface area contributed by atoms with Crippen molar-refractivity contribution in [3.8, 4) is 0 Å². The lowest BCUT2D eigenvalue weighted by molar-refractivity contribution is 0.463. The molecule has 1 aliphatic rings. The topological polar surface area (TPSA) is 24.9 Å². The largest absolute Gasteiger partial charge is 0.317 e. The molecule has 1 aromatic carbocycles. The van der Waals surface area contributed by atoms with Crippen molar-refractivity contribution in [1.29, 1.82) is 0 Å². The number of benzene rings is 1. The van der Waals surface area contributed by atoms with E-state index in [4.69, 9.17) is 16.6 Å². The zero-order valence-electron chi connectivity index (χ0n) is 11.7. The molecule has 0 saturated carbocycles. The summed E-state index contributed by atoms with van der Waals surface area (Å²) in [5.74, 6) is 0.696. The van der Waals surface area contributed by atoms with Crippen molar-refractivity contribution >= 4 is 22.9 Å². The van der Waals surface area contributed by atoms with Crippen LogP contribution in [0.1, 0.15) is 39.9 Å². The van der Waals surface area contributed by atoms with E-state index < -0.39 is 0 Å². The van der Waals surface area contributed by atoms with Crippen LogP contribution in [0.5, 0.6) is 0 Å². The van der Waals surface area contributed by atoms with E-state index in [-0.39, 0.29) is 0 Å². The Hall–Kier alpha value is -0.900. The summed E-state index contributed by atoms with van der Waals surface area (Å²) in [5.41, 5.74) is 2.46. The lowest BCUT2D eigenvalue weighted by atomic mass is 9.96. The van der Waals surface area contributed by atoms with Crippen LogP contribution in [0.2, 0.25) is 5.02 Å². The Bertz CT molecular complexity index is 588. The van der Waals surface area contributed by atoms with Crippen molar-refractivity contribution in [2.45, 2.75) is 32.1 Å². The van der Waals surface area contributed by atoms with E-state index >= 15 is 0 Å². The lowest BCUT2D eigenvalue weighted by Crippen LogP contribution is -2.26. The standard InChI is InChI=1S/C16H19ClN2S/c1-11-16(13-5-7-18-8-6-13)20-15(19-11)10-12-3-2-4-14(17)9-12/h2-4,9,13,18H,5-8,10H2,1H3. The van der Waals surface area contributed by atoms with Gasteiger partial charge in [0.1, 0.15) is 0 Å². The van der Waals surface area contributed by atoms with E-state index in [1.165, 1.54) is 34.0 Å². The fourth-order valence-electron chi connectivity index (χ4n) is 2.83. The summed E-state index contributed by atoms with van der Waals surface area (Å²) in [7, 11) is 0. The van der Waals surface area contributed by atoms with Crippen LogP contribution in [-0.4, -0.2) is 18.1 Å². The molecule has 0 radical (unpaired) electrons. The van der Waals surface area contributed by atoms with Gasteiger partial charge in [-0.2, -0.15) is 0 Å². The molecular weight excluding hydrogens is 288 g/mol. The average Bonchev–Trinajstić information content (AvgIpc) is 2.80. The highest BCUT2D eigenvalue weighted by molar-refractivity contribution is 7.11. The number of nitrogens with zero attached hydrogens (tertiary/aromatic N) is 1. The minimum absolute atomic E-state index is 0.696. The third-order valence-corrected chi connectivity index (χ3v) is 5.39. The first kappa shape index (κ1) is 14.1. The molecule has 1 aliphatic heterocycles. The van der Waals surface area contributed by atoms with E-state index in [9.17, 15) is 0 Å². The van der Waals surface area contributed by atoms with Crippen LogP contribution in [0.15, 0.2) is 24.3 Å². The minimum atomic E-state index is 0.696. The minimum Gasteiger partial charge on any atom is -0.317 e. The van der Waals surface area contributed by atoms with Gasteiger partial charge in [-0.25, -0.2) is 4.98 Å². The van der Waals surface area contributed by atoms with Crippen LogP contribution in [0.25, 0.3) is 0 Å². The fourth-order valence-corrected chi connectivity index (χ4v) is 4.31. The van der Waals surface area contributed by atoms with Gasteiger partial charge in [-0.15, -0.1) is 11.3 Å². The summed E-state index contributed by atoms with van der Waals surface area (Å²) in [5, 5.41) is 5.43. The van der Waals surface area contributed by atoms with Crippen molar-refractivity contribution in [2.75, 3.05) is 13.1 Å². The molecule has 0 unspecified atom stereocenters. The molecular formula is C16H19ClN2S. The van der Waals surface area contributed by atoms with E-state index in [0.717, 1.165) is 24.5 Å². The van der Waals surface area contributed by atoms with E-state index in [2.05, 4.69) is 18.3 Å². The first-order valence-electron chi connectivity index (χ1n) is 7.14. The van der Waals surface area contributed by atoms with E-state index in [1.807, 2.05) is 29.5 Å². The third-order valence-electron chi connectivity index (χ3n) is 3.83. The van der Waals surface area contributed by atoms with Gasteiger partial charge in [-0.05, 0) is 56.5 Å². The van der Waals surface area contributed by atoms with Crippen molar-refractivity contribution in [2.24, 2.45) is 0 Å². The molecule has 2 aromatic rings. The van der Waals surface area contributed by atoms with Gasteiger partial charge in [0.05, 0.1) is 10.7 Å². The Morgan fingerprint density at radius 1 is 1.35 bits per heavy atom. The number of piperidine rings is 1. The SMILES string of the molecule is Cc1nc(Cc2cccc(Cl)c2)sc1C1CCNCC1.